The van der Waals surface area contributed by atoms with Crippen LogP contribution in [0.25, 0.3) is 0 Å². The molecular weight excluding hydrogens is 414 g/mol. The predicted molar refractivity (Wildman–Crippen MR) is 121 cm³/mol. The summed E-state index contributed by atoms with van der Waals surface area (Å²) in [6, 6.07) is 8.69. The highest BCUT2D eigenvalue weighted by Crippen LogP contribution is 2.42. The lowest BCUT2D eigenvalue weighted by molar-refractivity contribution is 0.160. The number of nitrogens with one attached hydrogen (secondary N) is 2. The molecule has 8 heteroatoms. The Hall–Kier alpha value is -2.54. The third kappa shape index (κ3) is 4.42. The fourth-order valence-electron chi connectivity index (χ4n) is 4.78. The summed E-state index contributed by atoms with van der Waals surface area (Å²) in [5.41, 5.74) is 1.98. The van der Waals surface area contributed by atoms with Gasteiger partial charge >= 0.3 is 11.7 Å². The average molecular weight is 442 g/mol. The number of hydrogen-bond acceptors (Lipinski definition) is 4. The maximum Gasteiger partial charge on any atom is 0.346 e. The van der Waals surface area contributed by atoms with E-state index in [4.69, 9.17) is 11.6 Å². The molecule has 1 aliphatic heterocycles. The second kappa shape index (κ2) is 8.19. The summed E-state index contributed by atoms with van der Waals surface area (Å²) in [5, 5.41) is 4.07. The van der Waals surface area contributed by atoms with Gasteiger partial charge in [0.15, 0.2) is 0 Å². The van der Waals surface area contributed by atoms with E-state index < -0.39 is 0 Å². The monoisotopic (exact) mass is 441 g/mol. The van der Waals surface area contributed by atoms with Crippen molar-refractivity contribution in [1.29, 1.82) is 0 Å². The molecule has 1 saturated heterocycles. The highest BCUT2D eigenvalue weighted by Gasteiger charge is 2.44. The Morgan fingerprint density at radius 3 is 2.84 bits per heavy atom. The van der Waals surface area contributed by atoms with Crippen molar-refractivity contribution < 1.29 is 4.79 Å². The van der Waals surface area contributed by atoms with Crippen LogP contribution in [0.1, 0.15) is 49.1 Å². The number of urea groups is 1. The lowest BCUT2D eigenvalue weighted by Crippen LogP contribution is -2.54. The molecule has 2 aliphatic carbocycles. The average Bonchev–Trinajstić information content (AvgIpc) is 3.68. The van der Waals surface area contributed by atoms with Gasteiger partial charge in [0.2, 0.25) is 0 Å². The van der Waals surface area contributed by atoms with Gasteiger partial charge in [-0.1, -0.05) is 23.7 Å². The van der Waals surface area contributed by atoms with Crippen molar-refractivity contribution in [3.63, 3.8) is 0 Å². The van der Waals surface area contributed by atoms with Crippen molar-refractivity contribution in [2.24, 2.45) is 0 Å². The van der Waals surface area contributed by atoms with Gasteiger partial charge in [-0.25, -0.2) is 14.6 Å². The smallest absolute Gasteiger partial charge is 0.346 e. The maximum absolute atomic E-state index is 13.3. The number of aryl methyl sites for hydroxylation is 1. The van der Waals surface area contributed by atoms with E-state index in [0.717, 1.165) is 61.6 Å². The molecular formula is C23H28ClN5O2. The van der Waals surface area contributed by atoms with Gasteiger partial charge in [0, 0.05) is 42.3 Å². The normalized spacial score (nSPS) is 25.2. The third-order valence-electron chi connectivity index (χ3n) is 6.67. The standard InChI is InChI=1S/C23H28ClN5O2/c1-14-11-15(4-7-19(14)24)18-12-20(18)26-23(31)29(16-5-6-16)17-3-2-10-28(13-17)21-8-9-25-22(30)27-21/h4,7-9,11,16-18,20H,2-3,5-6,10,12-13H2,1H3,(H,26,31)(H,25,27,30)/t17-,18?,20-/m1/s1. The molecule has 0 radical (unpaired) electrons. The number of aromatic nitrogens is 2. The Morgan fingerprint density at radius 1 is 1.26 bits per heavy atom. The molecule has 31 heavy (non-hydrogen) atoms. The van der Waals surface area contributed by atoms with Gasteiger partial charge in [-0.3, -0.25) is 4.98 Å². The van der Waals surface area contributed by atoms with Crippen LogP contribution in [0.2, 0.25) is 5.02 Å². The largest absolute Gasteiger partial charge is 0.356 e. The minimum Gasteiger partial charge on any atom is -0.356 e. The Bertz CT molecular complexity index is 1040. The van der Waals surface area contributed by atoms with E-state index in [0.29, 0.717) is 12.0 Å². The van der Waals surface area contributed by atoms with Crippen LogP contribution >= 0.6 is 11.6 Å². The van der Waals surface area contributed by atoms with Crippen molar-refractivity contribution in [3.8, 4) is 0 Å². The minimum atomic E-state index is -0.339. The predicted octanol–water partition coefficient (Wildman–Crippen LogP) is 3.43. The number of anilines is 1. The Balaban J connectivity index is 1.25. The van der Waals surface area contributed by atoms with E-state index >= 15 is 0 Å². The van der Waals surface area contributed by atoms with Gasteiger partial charge < -0.3 is 15.1 Å². The van der Waals surface area contributed by atoms with Crippen LogP contribution in [0.15, 0.2) is 35.3 Å². The first kappa shape index (κ1) is 20.4. The van der Waals surface area contributed by atoms with Gasteiger partial charge in [-0.15, -0.1) is 0 Å². The number of carbonyl (C=O) groups excluding carboxylic acids is 1. The molecule has 5 rings (SSSR count). The van der Waals surface area contributed by atoms with Crippen LogP contribution in [-0.4, -0.2) is 52.1 Å². The molecule has 2 amide bonds. The van der Waals surface area contributed by atoms with Gasteiger partial charge in [0.25, 0.3) is 0 Å². The maximum atomic E-state index is 13.3. The number of hydrogen-bond donors (Lipinski definition) is 2. The van der Waals surface area contributed by atoms with Gasteiger partial charge in [0.1, 0.15) is 5.82 Å². The fourth-order valence-corrected chi connectivity index (χ4v) is 4.90. The van der Waals surface area contributed by atoms with E-state index in [9.17, 15) is 9.59 Å². The van der Waals surface area contributed by atoms with Crippen LogP contribution in [0, 0.1) is 6.92 Å². The van der Waals surface area contributed by atoms with Gasteiger partial charge in [0.05, 0.1) is 6.04 Å². The first-order valence-electron chi connectivity index (χ1n) is 11.1. The van der Waals surface area contributed by atoms with E-state index in [1.807, 2.05) is 19.1 Å². The number of rotatable bonds is 5. The molecule has 7 nitrogen and oxygen atoms in total. The molecule has 2 N–H and O–H groups in total. The van der Waals surface area contributed by atoms with Crippen molar-refractivity contribution in [3.05, 3.63) is 57.1 Å². The van der Waals surface area contributed by atoms with Crippen molar-refractivity contribution in [2.75, 3.05) is 18.0 Å². The molecule has 3 fully saturated rings. The molecule has 1 aromatic heterocycles. The molecule has 0 bridgehead atoms. The van der Waals surface area contributed by atoms with Crippen LogP contribution < -0.4 is 15.9 Å². The summed E-state index contributed by atoms with van der Waals surface area (Å²) in [7, 11) is 0. The van der Waals surface area contributed by atoms with E-state index in [1.165, 1.54) is 11.8 Å². The Morgan fingerprint density at radius 2 is 2.10 bits per heavy atom. The molecule has 1 aromatic carbocycles. The highest BCUT2D eigenvalue weighted by molar-refractivity contribution is 6.31. The quantitative estimate of drug-likeness (QED) is 0.744. The molecule has 2 heterocycles. The molecule has 3 atom stereocenters. The fraction of sp³-hybridized carbons (Fsp3) is 0.522. The number of piperidine rings is 1. The molecule has 2 saturated carbocycles. The van der Waals surface area contributed by atoms with E-state index in [2.05, 4.69) is 37.2 Å². The topological polar surface area (TPSA) is 81.3 Å². The highest BCUT2D eigenvalue weighted by atomic mass is 35.5. The van der Waals surface area contributed by atoms with Gasteiger partial charge in [-0.2, -0.15) is 0 Å². The molecule has 164 valence electrons. The van der Waals surface area contributed by atoms with E-state index in [1.54, 1.807) is 0 Å². The number of benzene rings is 1. The summed E-state index contributed by atoms with van der Waals surface area (Å²) < 4.78 is 0. The molecule has 3 aliphatic rings. The second-order valence-electron chi connectivity index (χ2n) is 9.05. The van der Waals surface area contributed by atoms with Crippen molar-refractivity contribution in [2.45, 2.75) is 63.1 Å². The van der Waals surface area contributed by atoms with Crippen LogP contribution in [0.3, 0.4) is 0 Å². The summed E-state index contributed by atoms with van der Waals surface area (Å²) in [5.74, 6) is 1.15. The lowest BCUT2D eigenvalue weighted by Gasteiger charge is -2.40. The van der Waals surface area contributed by atoms with E-state index in [-0.39, 0.29) is 23.8 Å². The zero-order chi connectivity index (χ0) is 21.5. The number of halogens is 1. The first-order valence-corrected chi connectivity index (χ1v) is 11.5. The van der Waals surface area contributed by atoms with Crippen LogP contribution in [0.4, 0.5) is 10.6 Å². The SMILES string of the molecule is Cc1cc(C2C[C@H]2NC(=O)N(C2CC2)[C@@H]2CCCN(c3ccnc(=O)[nH]3)C2)ccc1Cl. The lowest BCUT2D eigenvalue weighted by atomic mass is 10.0. The summed E-state index contributed by atoms with van der Waals surface area (Å²) in [6.45, 7) is 3.62. The number of nitrogens with zero attached hydrogens (tertiary/aromatic N) is 3. The third-order valence-corrected chi connectivity index (χ3v) is 7.10. The summed E-state index contributed by atoms with van der Waals surface area (Å²) >= 11 is 6.16. The van der Waals surface area contributed by atoms with Crippen molar-refractivity contribution >= 4 is 23.4 Å². The van der Waals surface area contributed by atoms with Crippen LogP contribution in [-0.2, 0) is 0 Å². The molecule has 2 aromatic rings. The summed E-state index contributed by atoms with van der Waals surface area (Å²) in [4.78, 5) is 35.7. The van der Waals surface area contributed by atoms with Gasteiger partial charge in [-0.05, 0) is 62.3 Å². The van der Waals surface area contributed by atoms with Crippen molar-refractivity contribution in [1.82, 2.24) is 20.2 Å². The zero-order valence-electron chi connectivity index (χ0n) is 17.7. The number of H-pyrrole nitrogens is 1. The molecule has 0 spiro atoms. The second-order valence-corrected chi connectivity index (χ2v) is 9.45. The number of carbonyl (C=O) groups is 1. The zero-order valence-corrected chi connectivity index (χ0v) is 18.4. The summed E-state index contributed by atoms with van der Waals surface area (Å²) in [6.07, 6.45) is 6.62. The first-order chi connectivity index (χ1) is 15.0. The number of aromatic amines is 1. The Labute approximate surface area is 186 Å². The van der Waals surface area contributed by atoms with Crippen LogP contribution in [0.5, 0.6) is 0 Å². The molecule has 1 unspecified atom stereocenters. The Kier molecular flexibility index (Phi) is 5.38. The number of amides is 2. The minimum absolute atomic E-state index is 0.0516.